The van der Waals surface area contributed by atoms with Crippen LogP contribution in [0.3, 0.4) is 0 Å². The van der Waals surface area contributed by atoms with E-state index in [2.05, 4.69) is 38.1 Å². The fourth-order valence-corrected chi connectivity index (χ4v) is 3.99. The molecule has 0 saturated heterocycles. The molecule has 1 heterocycles. The third-order valence-corrected chi connectivity index (χ3v) is 5.52. The van der Waals surface area contributed by atoms with Gasteiger partial charge in [0, 0.05) is 13.1 Å². The number of fused-ring (bicyclic) bond motifs is 1. The molecule has 0 unspecified atom stereocenters. The van der Waals surface area contributed by atoms with E-state index in [0.717, 1.165) is 47.1 Å². The van der Waals surface area contributed by atoms with Crippen LogP contribution < -0.4 is 0 Å². The molecule has 2 aromatic rings. The Labute approximate surface area is 154 Å². The number of aryl methyl sites for hydroxylation is 2. The first kappa shape index (κ1) is 18.2. The number of nitrogens with zero attached hydrogens (tertiary/aromatic N) is 1. The molecule has 1 N–H and O–H groups in total. The number of carboxylic acids is 1. The summed E-state index contributed by atoms with van der Waals surface area (Å²) in [6.07, 6.45) is 2.60. The molecule has 0 spiro atoms. The molecule has 1 aliphatic rings. The number of hydrogen-bond donors (Lipinski definition) is 1. The van der Waals surface area contributed by atoms with Crippen LogP contribution >= 0.6 is 0 Å². The Morgan fingerprint density at radius 1 is 1.00 bits per heavy atom. The van der Waals surface area contributed by atoms with Crippen LogP contribution in [0.1, 0.15) is 44.5 Å². The van der Waals surface area contributed by atoms with E-state index in [9.17, 15) is 14.7 Å². The maximum atomic E-state index is 11.5. The van der Waals surface area contributed by atoms with Gasteiger partial charge in [0.2, 0.25) is 6.41 Å². The van der Waals surface area contributed by atoms with Crippen molar-refractivity contribution in [1.29, 1.82) is 0 Å². The summed E-state index contributed by atoms with van der Waals surface area (Å²) in [6.45, 7) is 7.34. The molecule has 136 valence electrons. The molecule has 2 aromatic carbocycles. The number of benzene rings is 2. The van der Waals surface area contributed by atoms with Gasteiger partial charge in [-0.15, -0.1) is 0 Å². The molecule has 1 aliphatic heterocycles. The predicted octanol–water partition coefficient (Wildman–Crippen LogP) is 3.50. The van der Waals surface area contributed by atoms with E-state index >= 15 is 0 Å². The zero-order valence-corrected chi connectivity index (χ0v) is 15.6. The molecule has 4 nitrogen and oxygen atoms in total. The summed E-state index contributed by atoms with van der Waals surface area (Å²) >= 11 is 0. The van der Waals surface area contributed by atoms with E-state index in [1.165, 1.54) is 16.7 Å². The SMILES string of the molecule is Cc1ccc(CCc2c(C)c3c(c(C)c2CC(=O)O)CN(C=O)C3)cc1. The van der Waals surface area contributed by atoms with Crippen molar-refractivity contribution in [2.45, 2.75) is 53.1 Å². The number of carboxylic acid groups (broad SMARTS) is 1. The fraction of sp³-hybridized carbons (Fsp3) is 0.364. The second-order valence-electron chi connectivity index (χ2n) is 7.23. The lowest BCUT2D eigenvalue weighted by Crippen LogP contribution is -2.13. The molecule has 0 radical (unpaired) electrons. The monoisotopic (exact) mass is 351 g/mol. The summed E-state index contributed by atoms with van der Waals surface area (Å²) in [5.74, 6) is -0.811. The number of carbonyl (C=O) groups is 2. The molecule has 0 atom stereocenters. The molecular weight excluding hydrogens is 326 g/mol. The van der Waals surface area contributed by atoms with Gasteiger partial charge in [-0.2, -0.15) is 0 Å². The minimum Gasteiger partial charge on any atom is -0.481 e. The molecule has 26 heavy (non-hydrogen) atoms. The van der Waals surface area contributed by atoms with Crippen LogP contribution in [0.4, 0.5) is 0 Å². The molecular formula is C22H25NO3. The quantitative estimate of drug-likeness (QED) is 0.811. The molecule has 4 heteroatoms. The summed E-state index contributed by atoms with van der Waals surface area (Å²) in [7, 11) is 0. The standard InChI is InChI=1S/C22H25NO3/c1-14-4-6-17(7-5-14)8-9-18-15(2)20-11-23(13-24)12-21(20)16(3)19(18)10-22(25)26/h4-7,13H,8-12H2,1-3H3,(H,25,26). The average Bonchev–Trinajstić information content (AvgIpc) is 3.05. The van der Waals surface area contributed by atoms with Gasteiger partial charge in [-0.1, -0.05) is 29.8 Å². The van der Waals surface area contributed by atoms with E-state index in [0.29, 0.717) is 13.1 Å². The first-order valence-corrected chi connectivity index (χ1v) is 9.00. The van der Waals surface area contributed by atoms with Crippen LogP contribution in [0.15, 0.2) is 24.3 Å². The Morgan fingerprint density at radius 3 is 2.12 bits per heavy atom. The Bertz CT molecular complexity index is 853. The zero-order valence-electron chi connectivity index (χ0n) is 15.6. The lowest BCUT2D eigenvalue weighted by molar-refractivity contribution is -0.136. The lowest BCUT2D eigenvalue weighted by Gasteiger charge is -2.19. The summed E-state index contributed by atoms with van der Waals surface area (Å²) in [4.78, 5) is 24.4. The van der Waals surface area contributed by atoms with Crippen molar-refractivity contribution in [1.82, 2.24) is 4.90 Å². The van der Waals surface area contributed by atoms with Crippen molar-refractivity contribution < 1.29 is 14.7 Å². The van der Waals surface area contributed by atoms with E-state index < -0.39 is 5.97 Å². The van der Waals surface area contributed by atoms with Gasteiger partial charge in [0.1, 0.15) is 0 Å². The lowest BCUT2D eigenvalue weighted by atomic mass is 9.85. The first-order valence-electron chi connectivity index (χ1n) is 9.00. The molecule has 0 bridgehead atoms. The van der Waals surface area contributed by atoms with E-state index in [1.54, 1.807) is 4.90 Å². The van der Waals surface area contributed by atoms with E-state index in [4.69, 9.17) is 0 Å². The van der Waals surface area contributed by atoms with Crippen LogP contribution in [-0.4, -0.2) is 22.4 Å². The maximum absolute atomic E-state index is 11.5. The Balaban J connectivity index is 1.99. The van der Waals surface area contributed by atoms with Gasteiger partial charge < -0.3 is 10.0 Å². The van der Waals surface area contributed by atoms with Gasteiger partial charge in [0.05, 0.1) is 6.42 Å². The highest BCUT2D eigenvalue weighted by Gasteiger charge is 2.26. The van der Waals surface area contributed by atoms with E-state index in [-0.39, 0.29) is 6.42 Å². The normalized spacial score (nSPS) is 13.0. The fourth-order valence-electron chi connectivity index (χ4n) is 3.99. The van der Waals surface area contributed by atoms with Crippen molar-refractivity contribution in [2.24, 2.45) is 0 Å². The van der Waals surface area contributed by atoms with Gasteiger partial charge >= 0.3 is 5.97 Å². The predicted molar refractivity (Wildman–Crippen MR) is 101 cm³/mol. The largest absolute Gasteiger partial charge is 0.481 e. The molecule has 0 fully saturated rings. The van der Waals surface area contributed by atoms with Crippen LogP contribution in [0.2, 0.25) is 0 Å². The number of aliphatic carboxylic acids is 1. The smallest absolute Gasteiger partial charge is 0.307 e. The van der Waals surface area contributed by atoms with Gasteiger partial charge in [0.25, 0.3) is 0 Å². The second kappa shape index (κ2) is 7.32. The second-order valence-corrected chi connectivity index (χ2v) is 7.23. The molecule has 1 amide bonds. The Morgan fingerprint density at radius 2 is 1.58 bits per heavy atom. The summed E-state index contributed by atoms with van der Waals surface area (Å²) in [5.41, 5.74) is 9.07. The topological polar surface area (TPSA) is 57.6 Å². The van der Waals surface area contributed by atoms with Gasteiger partial charge in [-0.05, 0) is 72.6 Å². The van der Waals surface area contributed by atoms with Crippen LogP contribution in [0.25, 0.3) is 0 Å². The number of hydrogen-bond acceptors (Lipinski definition) is 2. The van der Waals surface area contributed by atoms with Crippen molar-refractivity contribution in [3.63, 3.8) is 0 Å². The summed E-state index contributed by atoms with van der Waals surface area (Å²) < 4.78 is 0. The van der Waals surface area contributed by atoms with Crippen LogP contribution in [0, 0.1) is 20.8 Å². The van der Waals surface area contributed by atoms with Crippen LogP contribution in [0.5, 0.6) is 0 Å². The highest BCUT2D eigenvalue weighted by atomic mass is 16.4. The Kier molecular flexibility index (Phi) is 5.12. The summed E-state index contributed by atoms with van der Waals surface area (Å²) in [5, 5.41) is 9.40. The number of carbonyl (C=O) groups excluding carboxylic acids is 1. The number of amides is 1. The van der Waals surface area contributed by atoms with Crippen molar-refractivity contribution in [2.75, 3.05) is 0 Å². The summed E-state index contributed by atoms with van der Waals surface area (Å²) in [6, 6.07) is 8.48. The van der Waals surface area contributed by atoms with Crippen molar-refractivity contribution >= 4 is 12.4 Å². The molecule has 0 aromatic heterocycles. The highest BCUT2D eigenvalue weighted by Crippen LogP contribution is 2.34. The van der Waals surface area contributed by atoms with Gasteiger partial charge in [-0.3, -0.25) is 9.59 Å². The Hall–Kier alpha value is -2.62. The first-order chi connectivity index (χ1) is 12.4. The highest BCUT2D eigenvalue weighted by molar-refractivity contribution is 5.73. The molecule has 0 saturated carbocycles. The van der Waals surface area contributed by atoms with Gasteiger partial charge in [0.15, 0.2) is 0 Å². The van der Waals surface area contributed by atoms with Crippen molar-refractivity contribution in [3.8, 4) is 0 Å². The average molecular weight is 351 g/mol. The molecule has 3 rings (SSSR count). The maximum Gasteiger partial charge on any atom is 0.307 e. The number of rotatable bonds is 6. The third-order valence-electron chi connectivity index (χ3n) is 5.52. The van der Waals surface area contributed by atoms with Gasteiger partial charge in [-0.25, -0.2) is 0 Å². The molecule has 0 aliphatic carbocycles. The van der Waals surface area contributed by atoms with Crippen LogP contribution in [-0.2, 0) is 41.9 Å². The van der Waals surface area contributed by atoms with E-state index in [1.807, 2.05) is 6.92 Å². The van der Waals surface area contributed by atoms with Crippen molar-refractivity contribution in [3.05, 3.63) is 68.8 Å². The minimum atomic E-state index is -0.811. The minimum absolute atomic E-state index is 0.0320. The zero-order chi connectivity index (χ0) is 18.8. The third kappa shape index (κ3) is 3.50.